The quantitative estimate of drug-likeness (QED) is 0.647. The Kier molecular flexibility index (Phi) is 3.50. The number of rotatable bonds is 2. The topological polar surface area (TPSA) is 115 Å². The van der Waals surface area contributed by atoms with Gasteiger partial charge in [0, 0.05) is 37.7 Å². The Morgan fingerprint density at radius 3 is 2.91 bits per heavy atom. The third-order valence-electron chi connectivity index (χ3n) is 3.98. The number of benzene rings is 1. The Morgan fingerprint density at radius 2 is 2.18 bits per heavy atom. The molecule has 0 unspecified atom stereocenters. The molecule has 7 nitrogen and oxygen atoms in total. The lowest BCUT2D eigenvalue weighted by atomic mass is 10.0. The van der Waals surface area contributed by atoms with Gasteiger partial charge in [0.25, 0.3) is 5.56 Å². The van der Waals surface area contributed by atoms with Crippen molar-refractivity contribution in [3.63, 3.8) is 0 Å². The van der Waals surface area contributed by atoms with Crippen molar-refractivity contribution < 1.29 is 10.2 Å². The predicted molar refractivity (Wildman–Crippen MR) is 81.6 cm³/mol. The lowest BCUT2D eigenvalue weighted by molar-refractivity contribution is 0.238. The van der Waals surface area contributed by atoms with E-state index in [1.165, 1.54) is 6.07 Å². The molecule has 0 amide bonds. The monoisotopic (exact) mass is 302 g/mol. The number of nitrogens with zero attached hydrogens (tertiary/aromatic N) is 2. The summed E-state index contributed by atoms with van der Waals surface area (Å²) >= 11 is 0. The van der Waals surface area contributed by atoms with Gasteiger partial charge in [-0.3, -0.25) is 14.7 Å². The van der Waals surface area contributed by atoms with Gasteiger partial charge in [-0.2, -0.15) is 0 Å². The number of hydrogen-bond acceptors (Lipinski definition) is 6. The van der Waals surface area contributed by atoms with E-state index in [0.717, 1.165) is 23.4 Å². The third kappa shape index (κ3) is 2.62. The van der Waals surface area contributed by atoms with Crippen LogP contribution in [0.3, 0.4) is 0 Å². The number of hydrogen-bond donors (Lipinski definition) is 4. The number of phenolic OH excluding ortho intramolecular Hbond substituents is 2. The van der Waals surface area contributed by atoms with Crippen molar-refractivity contribution in [2.45, 2.75) is 26.4 Å². The molecule has 0 saturated carbocycles. The molecule has 1 aliphatic heterocycles. The van der Waals surface area contributed by atoms with Crippen LogP contribution in [0.25, 0.3) is 0 Å². The Morgan fingerprint density at radius 1 is 1.41 bits per heavy atom. The zero-order chi connectivity index (χ0) is 15.9. The molecule has 0 fully saturated rings. The van der Waals surface area contributed by atoms with E-state index in [1.807, 2.05) is 6.92 Å². The first kappa shape index (κ1) is 14.4. The molecule has 2 aromatic rings. The minimum absolute atomic E-state index is 0.0406. The van der Waals surface area contributed by atoms with Crippen LogP contribution in [0.5, 0.6) is 11.5 Å². The minimum atomic E-state index is -0.209. The smallest absolute Gasteiger partial charge is 0.257 e. The average Bonchev–Trinajstić information content (AvgIpc) is 2.43. The number of nitrogens with one attached hydrogen (secondary N) is 1. The van der Waals surface area contributed by atoms with Gasteiger partial charge in [-0.05, 0) is 18.6 Å². The van der Waals surface area contributed by atoms with E-state index in [-0.39, 0.29) is 23.0 Å². The van der Waals surface area contributed by atoms with Crippen LogP contribution in [0.4, 0.5) is 5.95 Å². The molecule has 1 aromatic carbocycles. The fourth-order valence-corrected chi connectivity index (χ4v) is 2.84. The zero-order valence-electron chi connectivity index (χ0n) is 12.3. The lowest BCUT2D eigenvalue weighted by Crippen LogP contribution is -2.35. The van der Waals surface area contributed by atoms with Crippen LogP contribution in [0.2, 0.25) is 0 Å². The van der Waals surface area contributed by atoms with Crippen molar-refractivity contribution in [3.8, 4) is 11.5 Å². The second-order valence-corrected chi connectivity index (χ2v) is 5.60. The van der Waals surface area contributed by atoms with E-state index in [4.69, 9.17) is 5.73 Å². The van der Waals surface area contributed by atoms with Crippen molar-refractivity contribution in [2.75, 3.05) is 12.3 Å². The molecular formula is C15H18N4O3. The van der Waals surface area contributed by atoms with Crippen molar-refractivity contribution >= 4 is 5.95 Å². The first-order valence-corrected chi connectivity index (χ1v) is 7.05. The Bertz CT molecular complexity index is 762. The van der Waals surface area contributed by atoms with Crippen molar-refractivity contribution in [1.29, 1.82) is 0 Å². The molecule has 116 valence electrons. The Labute approximate surface area is 127 Å². The lowest BCUT2D eigenvalue weighted by Gasteiger charge is -2.28. The third-order valence-corrected chi connectivity index (χ3v) is 3.98. The summed E-state index contributed by atoms with van der Waals surface area (Å²) in [4.78, 5) is 20.7. The van der Waals surface area contributed by atoms with Gasteiger partial charge in [0.1, 0.15) is 11.5 Å². The number of anilines is 1. The second kappa shape index (κ2) is 5.34. The van der Waals surface area contributed by atoms with Gasteiger partial charge < -0.3 is 15.9 Å². The summed E-state index contributed by atoms with van der Waals surface area (Å²) in [6, 6.07) is 2.94. The van der Waals surface area contributed by atoms with Crippen LogP contribution in [-0.4, -0.2) is 31.6 Å². The van der Waals surface area contributed by atoms with E-state index < -0.39 is 0 Å². The maximum Gasteiger partial charge on any atom is 0.257 e. The maximum atomic E-state index is 12.0. The van der Waals surface area contributed by atoms with Crippen LogP contribution in [0, 0.1) is 6.92 Å². The van der Waals surface area contributed by atoms with E-state index in [1.54, 1.807) is 6.07 Å². The fraction of sp³-hybridized carbons (Fsp3) is 0.333. The summed E-state index contributed by atoms with van der Waals surface area (Å²) in [6.07, 6.45) is 0.640. The van der Waals surface area contributed by atoms with Crippen LogP contribution < -0.4 is 11.3 Å². The Hall–Kier alpha value is -2.54. The molecule has 3 rings (SSSR count). The molecule has 0 radical (unpaired) electrons. The van der Waals surface area contributed by atoms with E-state index in [9.17, 15) is 15.0 Å². The van der Waals surface area contributed by atoms with E-state index in [0.29, 0.717) is 25.1 Å². The van der Waals surface area contributed by atoms with Gasteiger partial charge >= 0.3 is 0 Å². The number of phenols is 2. The summed E-state index contributed by atoms with van der Waals surface area (Å²) in [7, 11) is 0. The van der Waals surface area contributed by atoms with E-state index in [2.05, 4.69) is 14.9 Å². The molecule has 0 spiro atoms. The van der Waals surface area contributed by atoms with Gasteiger partial charge in [-0.25, -0.2) is 4.98 Å². The predicted octanol–water partition coefficient (Wildman–Crippen LogP) is 0.630. The molecule has 0 bridgehead atoms. The molecule has 5 N–H and O–H groups in total. The zero-order valence-corrected chi connectivity index (χ0v) is 12.3. The normalized spacial score (nSPS) is 14.8. The first-order valence-electron chi connectivity index (χ1n) is 7.05. The van der Waals surface area contributed by atoms with Crippen LogP contribution in [0.15, 0.2) is 16.9 Å². The van der Waals surface area contributed by atoms with Crippen LogP contribution in [0.1, 0.15) is 22.4 Å². The highest BCUT2D eigenvalue weighted by Crippen LogP contribution is 2.29. The molecular weight excluding hydrogens is 284 g/mol. The van der Waals surface area contributed by atoms with Crippen molar-refractivity contribution in [2.24, 2.45) is 0 Å². The summed E-state index contributed by atoms with van der Waals surface area (Å²) in [5.41, 5.74) is 8.27. The Balaban J connectivity index is 1.86. The minimum Gasteiger partial charge on any atom is -0.508 e. The van der Waals surface area contributed by atoms with Gasteiger partial charge in [0.2, 0.25) is 5.95 Å². The number of H-pyrrole nitrogens is 1. The number of aromatic hydroxyl groups is 2. The average molecular weight is 302 g/mol. The molecule has 1 aromatic heterocycles. The number of aromatic amines is 1. The highest BCUT2D eigenvalue weighted by molar-refractivity contribution is 5.44. The molecule has 0 atom stereocenters. The molecule has 2 heterocycles. The standard InChI is InChI=1S/C15H18N4O3/c1-8-4-9(20)5-13(21)10(8)6-19-3-2-12-11(7-19)14(22)18-15(16)17-12/h4-5,20-21H,2-3,6-7H2,1H3,(H3,16,17,18,22). The summed E-state index contributed by atoms with van der Waals surface area (Å²) in [5.74, 6) is 0.246. The fourth-order valence-electron chi connectivity index (χ4n) is 2.84. The molecule has 22 heavy (non-hydrogen) atoms. The number of aromatic nitrogens is 2. The van der Waals surface area contributed by atoms with Gasteiger partial charge in [0.15, 0.2) is 0 Å². The van der Waals surface area contributed by atoms with Crippen molar-refractivity contribution in [3.05, 3.63) is 44.9 Å². The van der Waals surface area contributed by atoms with Gasteiger partial charge in [-0.1, -0.05) is 0 Å². The molecule has 0 saturated heterocycles. The van der Waals surface area contributed by atoms with Gasteiger partial charge in [-0.15, -0.1) is 0 Å². The van der Waals surface area contributed by atoms with Crippen LogP contribution >= 0.6 is 0 Å². The van der Waals surface area contributed by atoms with Crippen molar-refractivity contribution in [1.82, 2.24) is 14.9 Å². The second-order valence-electron chi connectivity index (χ2n) is 5.60. The first-order chi connectivity index (χ1) is 10.4. The van der Waals surface area contributed by atoms with E-state index >= 15 is 0 Å². The maximum absolute atomic E-state index is 12.0. The highest BCUT2D eigenvalue weighted by Gasteiger charge is 2.22. The number of nitrogen functional groups attached to an aromatic ring is 1. The molecule has 7 heteroatoms. The summed E-state index contributed by atoms with van der Waals surface area (Å²) in [6.45, 7) is 3.52. The largest absolute Gasteiger partial charge is 0.508 e. The van der Waals surface area contributed by atoms with Gasteiger partial charge in [0.05, 0.1) is 11.3 Å². The molecule has 1 aliphatic rings. The summed E-state index contributed by atoms with van der Waals surface area (Å²) < 4.78 is 0. The van der Waals surface area contributed by atoms with Crippen LogP contribution in [-0.2, 0) is 19.5 Å². The number of fused-ring (bicyclic) bond motifs is 1. The number of aryl methyl sites for hydroxylation is 1. The SMILES string of the molecule is Cc1cc(O)cc(O)c1CN1CCc2nc(N)[nH]c(=O)c2C1. The number of nitrogens with two attached hydrogens (primary N) is 1. The highest BCUT2D eigenvalue weighted by atomic mass is 16.3. The summed E-state index contributed by atoms with van der Waals surface area (Å²) in [5, 5.41) is 19.5. The molecule has 0 aliphatic carbocycles.